The van der Waals surface area contributed by atoms with Gasteiger partial charge in [0, 0.05) is 14.8 Å². The van der Waals surface area contributed by atoms with Gasteiger partial charge < -0.3 is 9.47 Å². The number of esters is 1. The third-order valence-corrected chi connectivity index (χ3v) is 4.52. The number of carbonyl (C=O) groups excluding carboxylic acids is 3. The van der Waals surface area contributed by atoms with Gasteiger partial charge in [-0.15, -0.1) is 11.3 Å². The van der Waals surface area contributed by atoms with Crippen molar-refractivity contribution < 1.29 is 23.9 Å². The van der Waals surface area contributed by atoms with Crippen molar-refractivity contribution in [3.05, 3.63) is 50.2 Å². The van der Waals surface area contributed by atoms with Gasteiger partial charge in [-0.3, -0.25) is 20.4 Å². The maximum absolute atomic E-state index is 12.1. The lowest BCUT2D eigenvalue weighted by Gasteiger charge is -2.11. The SMILES string of the molecule is COc1ccc(Cl)cc1C(=O)NNC(=O)COC(=O)c1cc(C)sc1C. The van der Waals surface area contributed by atoms with Crippen molar-refractivity contribution in [3.63, 3.8) is 0 Å². The Morgan fingerprint density at radius 2 is 1.85 bits per heavy atom. The molecule has 2 amide bonds. The van der Waals surface area contributed by atoms with Crippen LogP contribution >= 0.6 is 22.9 Å². The molecule has 0 bridgehead atoms. The lowest BCUT2D eigenvalue weighted by atomic mass is 10.2. The monoisotopic (exact) mass is 396 g/mol. The van der Waals surface area contributed by atoms with E-state index in [0.29, 0.717) is 16.3 Å². The third-order valence-electron chi connectivity index (χ3n) is 3.32. The van der Waals surface area contributed by atoms with E-state index in [1.807, 2.05) is 6.92 Å². The molecule has 0 aliphatic heterocycles. The van der Waals surface area contributed by atoms with Crippen molar-refractivity contribution in [3.8, 4) is 5.75 Å². The van der Waals surface area contributed by atoms with Gasteiger partial charge in [0.2, 0.25) is 0 Å². The largest absolute Gasteiger partial charge is 0.496 e. The number of aryl methyl sites for hydroxylation is 2. The zero-order valence-electron chi connectivity index (χ0n) is 14.3. The summed E-state index contributed by atoms with van der Waals surface area (Å²) in [5.41, 5.74) is 4.96. The molecule has 1 heterocycles. The summed E-state index contributed by atoms with van der Waals surface area (Å²) in [6.45, 7) is 3.15. The van der Waals surface area contributed by atoms with Gasteiger partial charge in [0.05, 0.1) is 18.2 Å². The maximum Gasteiger partial charge on any atom is 0.339 e. The smallest absolute Gasteiger partial charge is 0.339 e. The average Bonchev–Trinajstić information content (AvgIpc) is 2.95. The lowest BCUT2D eigenvalue weighted by molar-refractivity contribution is -0.125. The first kappa shape index (κ1) is 19.7. The average molecular weight is 397 g/mol. The molecule has 0 radical (unpaired) electrons. The molecule has 0 unspecified atom stereocenters. The number of methoxy groups -OCH3 is 1. The van der Waals surface area contributed by atoms with E-state index in [4.69, 9.17) is 21.1 Å². The third kappa shape index (κ3) is 4.96. The summed E-state index contributed by atoms with van der Waals surface area (Å²) in [6.07, 6.45) is 0. The van der Waals surface area contributed by atoms with Crippen molar-refractivity contribution in [2.24, 2.45) is 0 Å². The maximum atomic E-state index is 12.1. The van der Waals surface area contributed by atoms with Gasteiger partial charge in [0.25, 0.3) is 11.8 Å². The highest BCUT2D eigenvalue weighted by Crippen LogP contribution is 2.22. The van der Waals surface area contributed by atoms with E-state index >= 15 is 0 Å². The molecule has 1 aromatic heterocycles. The zero-order valence-corrected chi connectivity index (χ0v) is 15.9. The molecule has 2 aromatic rings. The Hall–Kier alpha value is -2.58. The molecule has 0 spiro atoms. The molecular formula is C17H17ClN2O5S. The van der Waals surface area contributed by atoms with Gasteiger partial charge in [-0.2, -0.15) is 0 Å². The minimum Gasteiger partial charge on any atom is -0.496 e. The Morgan fingerprint density at radius 1 is 1.12 bits per heavy atom. The molecule has 0 aliphatic rings. The van der Waals surface area contributed by atoms with Crippen LogP contribution in [0.1, 0.15) is 30.5 Å². The van der Waals surface area contributed by atoms with Gasteiger partial charge in [0.1, 0.15) is 5.75 Å². The number of halogens is 1. The number of carbonyl (C=O) groups is 3. The van der Waals surface area contributed by atoms with E-state index in [2.05, 4.69) is 10.9 Å². The van der Waals surface area contributed by atoms with Gasteiger partial charge in [0.15, 0.2) is 6.61 Å². The topological polar surface area (TPSA) is 93.7 Å². The number of nitrogens with one attached hydrogen (secondary N) is 2. The minimum atomic E-state index is -0.683. The van der Waals surface area contributed by atoms with E-state index in [-0.39, 0.29) is 5.56 Å². The van der Waals surface area contributed by atoms with Crippen LogP contribution in [0.4, 0.5) is 0 Å². The quantitative estimate of drug-likeness (QED) is 0.598. The molecule has 138 valence electrons. The Balaban J connectivity index is 1.87. The summed E-state index contributed by atoms with van der Waals surface area (Å²) in [5, 5.41) is 0.345. The zero-order chi connectivity index (χ0) is 19.3. The van der Waals surface area contributed by atoms with E-state index in [9.17, 15) is 14.4 Å². The molecule has 7 nitrogen and oxygen atoms in total. The second-order valence-corrected chi connectivity index (χ2v) is 7.15. The summed E-state index contributed by atoms with van der Waals surface area (Å²) in [6, 6.07) is 6.21. The summed E-state index contributed by atoms with van der Waals surface area (Å²) >= 11 is 7.33. The van der Waals surface area contributed by atoms with Crippen LogP contribution in [0.3, 0.4) is 0 Å². The molecule has 2 N–H and O–H groups in total. The highest BCUT2D eigenvalue weighted by Gasteiger charge is 2.16. The first-order valence-corrected chi connectivity index (χ1v) is 8.68. The molecule has 0 saturated heterocycles. The Kier molecular flexibility index (Phi) is 6.59. The number of benzene rings is 1. The normalized spacial score (nSPS) is 10.2. The van der Waals surface area contributed by atoms with Crippen molar-refractivity contribution in [2.45, 2.75) is 13.8 Å². The highest BCUT2D eigenvalue weighted by atomic mass is 35.5. The Labute approximate surface area is 159 Å². The van der Waals surface area contributed by atoms with Gasteiger partial charge in [-0.05, 0) is 38.1 Å². The van der Waals surface area contributed by atoms with Crippen molar-refractivity contribution in [1.82, 2.24) is 10.9 Å². The Morgan fingerprint density at radius 3 is 2.46 bits per heavy atom. The van der Waals surface area contributed by atoms with Gasteiger partial charge >= 0.3 is 5.97 Å². The minimum absolute atomic E-state index is 0.154. The second-order valence-electron chi connectivity index (χ2n) is 5.25. The van der Waals surface area contributed by atoms with Crippen LogP contribution in [0.25, 0.3) is 0 Å². The number of amides is 2. The summed E-state index contributed by atoms with van der Waals surface area (Å²) in [7, 11) is 1.41. The molecule has 1 aromatic carbocycles. The molecule has 0 fully saturated rings. The van der Waals surface area contributed by atoms with Crippen LogP contribution in [0.5, 0.6) is 5.75 Å². The number of thiophene rings is 1. The standard InChI is InChI=1S/C17H17ClN2O5S/c1-9-6-12(10(2)26-9)17(23)25-8-15(21)19-20-16(22)13-7-11(18)4-5-14(13)24-3/h4-7H,8H2,1-3H3,(H,19,21)(H,20,22). The van der Waals surface area contributed by atoms with Gasteiger partial charge in [-0.1, -0.05) is 11.6 Å². The van der Waals surface area contributed by atoms with E-state index in [1.165, 1.54) is 30.6 Å². The lowest BCUT2D eigenvalue weighted by Crippen LogP contribution is -2.43. The van der Waals surface area contributed by atoms with E-state index in [0.717, 1.165) is 9.75 Å². The van der Waals surface area contributed by atoms with Gasteiger partial charge in [-0.25, -0.2) is 4.79 Å². The number of rotatable bonds is 5. The Bertz CT molecular complexity index is 850. The molecule has 0 atom stereocenters. The molecular weight excluding hydrogens is 380 g/mol. The fourth-order valence-corrected chi connectivity index (χ4v) is 3.21. The molecule has 26 heavy (non-hydrogen) atoms. The van der Waals surface area contributed by atoms with Crippen LogP contribution < -0.4 is 15.6 Å². The predicted octanol–water partition coefficient (Wildman–Crippen LogP) is 2.64. The number of ether oxygens (including phenoxy) is 2. The first-order chi connectivity index (χ1) is 12.3. The van der Waals surface area contributed by atoms with E-state index < -0.39 is 24.4 Å². The summed E-state index contributed by atoms with van der Waals surface area (Å²) in [4.78, 5) is 37.6. The molecule has 2 rings (SSSR count). The van der Waals surface area contributed by atoms with Crippen molar-refractivity contribution in [2.75, 3.05) is 13.7 Å². The molecule has 0 aliphatic carbocycles. The summed E-state index contributed by atoms with van der Waals surface area (Å²) < 4.78 is 10.0. The van der Waals surface area contributed by atoms with Crippen LogP contribution in [0, 0.1) is 13.8 Å². The number of hydrazine groups is 1. The first-order valence-electron chi connectivity index (χ1n) is 7.48. The van der Waals surface area contributed by atoms with Crippen LogP contribution in [-0.4, -0.2) is 31.5 Å². The van der Waals surface area contributed by atoms with E-state index in [1.54, 1.807) is 19.1 Å². The molecule has 9 heteroatoms. The number of hydrogen-bond donors (Lipinski definition) is 2. The van der Waals surface area contributed by atoms with Crippen LogP contribution in [-0.2, 0) is 9.53 Å². The van der Waals surface area contributed by atoms with Crippen molar-refractivity contribution >= 4 is 40.7 Å². The van der Waals surface area contributed by atoms with Crippen LogP contribution in [0.2, 0.25) is 5.02 Å². The highest BCUT2D eigenvalue weighted by molar-refractivity contribution is 7.12. The fourth-order valence-electron chi connectivity index (χ4n) is 2.13. The molecule has 0 saturated carbocycles. The fraction of sp³-hybridized carbons (Fsp3) is 0.235. The summed E-state index contributed by atoms with van der Waals surface area (Å²) in [5.74, 6) is -1.59. The number of hydrogen-bond acceptors (Lipinski definition) is 6. The van der Waals surface area contributed by atoms with Crippen LogP contribution in [0.15, 0.2) is 24.3 Å². The predicted molar refractivity (Wildman–Crippen MR) is 97.7 cm³/mol. The second kappa shape index (κ2) is 8.68. The van der Waals surface area contributed by atoms with Crippen molar-refractivity contribution in [1.29, 1.82) is 0 Å².